The number of nitrogens with one attached hydrogen (secondary N) is 1. The molecule has 0 spiro atoms. The third-order valence-electron chi connectivity index (χ3n) is 4.50. The Balaban J connectivity index is 1.41. The molecule has 30 heavy (non-hydrogen) atoms. The van der Waals surface area contributed by atoms with Crippen LogP contribution in [0.5, 0.6) is 11.5 Å². The molecule has 0 bridgehead atoms. The predicted octanol–water partition coefficient (Wildman–Crippen LogP) is 5.84. The van der Waals surface area contributed by atoms with Gasteiger partial charge in [0.2, 0.25) is 5.91 Å². The molecule has 4 rings (SSSR count). The summed E-state index contributed by atoms with van der Waals surface area (Å²) in [5.74, 6) is 1.30. The Morgan fingerprint density at radius 2 is 1.70 bits per heavy atom. The zero-order chi connectivity index (χ0) is 20.8. The molecule has 4 aromatic rings. The number of amides is 1. The van der Waals surface area contributed by atoms with Crippen molar-refractivity contribution < 1.29 is 18.4 Å². The number of ether oxygens (including phenoxy) is 1. The molecule has 6 heteroatoms. The van der Waals surface area contributed by atoms with Crippen LogP contribution >= 0.6 is 0 Å². The Kier molecular flexibility index (Phi) is 5.85. The van der Waals surface area contributed by atoms with Crippen molar-refractivity contribution in [1.82, 2.24) is 5.16 Å². The SMILES string of the molecule is O=C(CCc1cnoc1-c1ccc(F)cc1)Nc1ccccc1Oc1ccccc1. The van der Waals surface area contributed by atoms with E-state index in [1.165, 1.54) is 12.1 Å². The molecule has 0 fully saturated rings. The molecule has 0 saturated carbocycles. The van der Waals surface area contributed by atoms with Gasteiger partial charge in [0, 0.05) is 17.5 Å². The van der Waals surface area contributed by atoms with Crippen LogP contribution in [0.1, 0.15) is 12.0 Å². The maximum atomic E-state index is 13.2. The Morgan fingerprint density at radius 1 is 0.967 bits per heavy atom. The smallest absolute Gasteiger partial charge is 0.224 e. The fourth-order valence-electron chi connectivity index (χ4n) is 3.01. The molecule has 0 radical (unpaired) electrons. The molecular formula is C24H19FN2O3. The van der Waals surface area contributed by atoms with E-state index in [-0.39, 0.29) is 18.1 Å². The van der Waals surface area contributed by atoms with Crippen molar-refractivity contribution in [2.75, 3.05) is 5.32 Å². The summed E-state index contributed by atoms with van der Waals surface area (Å²) in [6.07, 6.45) is 2.25. The van der Waals surface area contributed by atoms with Crippen LogP contribution in [0.2, 0.25) is 0 Å². The number of rotatable bonds is 7. The minimum atomic E-state index is -0.324. The second kappa shape index (κ2) is 9.05. The molecule has 0 saturated heterocycles. The lowest BCUT2D eigenvalue weighted by atomic mass is 10.1. The van der Waals surface area contributed by atoms with Crippen molar-refractivity contribution in [3.05, 3.63) is 96.4 Å². The molecule has 0 aliphatic carbocycles. The van der Waals surface area contributed by atoms with Gasteiger partial charge in [-0.05, 0) is 55.0 Å². The van der Waals surface area contributed by atoms with Gasteiger partial charge in [0.1, 0.15) is 11.6 Å². The molecule has 1 amide bonds. The molecule has 0 aliphatic rings. The summed E-state index contributed by atoms with van der Waals surface area (Å²) in [7, 11) is 0. The van der Waals surface area contributed by atoms with Crippen LogP contribution in [-0.4, -0.2) is 11.1 Å². The van der Waals surface area contributed by atoms with Crippen molar-refractivity contribution in [3.8, 4) is 22.8 Å². The maximum Gasteiger partial charge on any atom is 0.224 e. The highest BCUT2D eigenvalue weighted by molar-refractivity contribution is 5.92. The number of halogens is 1. The molecule has 0 unspecified atom stereocenters. The lowest BCUT2D eigenvalue weighted by molar-refractivity contribution is -0.116. The minimum Gasteiger partial charge on any atom is -0.455 e. The fraction of sp³-hybridized carbons (Fsp3) is 0.0833. The van der Waals surface area contributed by atoms with Crippen LogP contribution < -0.4 is 10.1 Å². The molecular weight excluding hydrogens is 383 g/mol. The monoisotopic (exact) mass is 402 g/mol. The Bertz CT molecular complexity index is 1120. The maximum absolute atomic E-state index is 13.2. The van der Waals surface area contributed by atoms with Crippen LogP contribution in [-0.2, 0) is 11.2 Å². The second-order valence-corrected chi connectivity index (χ2v) is 6.65. The first-order valence-electron chi connectivity index (χ1n) is 9.50. The zero-order valence-electron chi connectivity index (χ0n) is 16.0. The zero-order valence-corrected chi connectivity index (χ0v) is 16.0. The molecule has 1 N–H and O–H groups in total. The summed E-state index contributed by atoms with van der Waals surface area (Å²) < 4.78 is 24.3. The van der Waals surface area contributed by atoms with Crippen LogP contribution in [0, 0.1) is 5.82 Å². The quantitative estimate of drug-likeness (QED) is 0.421. The first-order chi connectivity index (χ1) is 14.7. The average Bonchev–Trinajstić information content (AvgIpc) is 3.24. The first kappa shape index (κ1) is 19.4. The average molecular weight is 402 g/mol. The van der Waals surface area contributed by atoms with E-state index in [1.807, 2.05) is 42.5 Å². The van der Waals surface area contributed by atoms with Crippen LogP contribution in [0.25, 0.3) is 11.3 Å². The van der Waals surface area contributed by atoms with Crippen LogP contribution in [0.4, 0.5) is 10.1 Å². The second-order valence-electron chi connectivity index (χ2n) is 6.65. The number of anilines is 1. The van der Waals surface area contributed by atoms with Gasteiger partial charge < -0.3 is 14.6 Å². The number of benzene rings is 3. The van der Waals surface area contributed by atoms with E-state index in [0.29, 0.717) is 34.9 Å². The van der Waals surface area contributed by atoms with Gasteiger partial charge in [-0.1, -0.05) is 35.5 Å². The number of aryl methyl sites for hydroxylation is 1. The fourth-order valence-corrected chi connectivity index (χ4v) is 3.01. The number of hydrogen-bond donors (Lipinski definition) is 1. The largest absolute Gasteiger partial charge is 0.455 e. The summed E-state index contributed by atoms with van der Waals surface area (Å²) in [5, 5.41) is 6.72. The molecule has 0 aliphatic heterocycles. The number of para-hydroxylation sites is 3. The minimum absolute atomic E-state index is 0.162. The number of hydrogen-bond acceptors (Lipinski definition) is 4. The number of carbonyl (C=O) groups excluding carboxylic acids is 1. The van der Waals surface area contributed by atoms with E-state index in [0.717, 1.165) is 5.56 Å². The van der Waals surface area contributed by atoms with Gasteiger partial charge >= 0.3 is 0 Å². The standard InChI is InChI=1S/C24H19FN2O3/c25-19-13-10-17(11-14-19)24-18(16-26-30-24)12-15-23(28)27-21-8-4-5-9-22(21)29-20-6-2-1-3-7-20/h1-11,13-14,16H,12,15H2,(H,27,28). The van der Waals surface area contributed by atoms with Gasteiger partial charge in [-0.3, -0.25) is 4.79 Å². The molecule has 0 atom stereocenters. The Morgan fingerprint density at radius 3 is 2.50 bits per heavy atom. The molecule has 1 aromatic heterocycles. The van der Waals surface area contributed by atoms with E-state index in [2.05, 4.69) is 10.5 Å². The highest BCUT2D eigenvalue weighted by Crippen LogP contribution is 2.29. The predicted molar refractivity (Wildman–Crippen MR) is 112 cm³/mol. The summed E-state index contributed by atoms with van der Waals surface area (Å²) in [5.41, 5.74) is 2.09. The molecule has 5 nitrogen and oxygen atoms in total. The van der Waals surface area contributed by atoms with Crippen molar-refractivity contribution >= 4 is 11.6 Å². The van der Waals surface area contributed by atoms with E-state index in [1.54, 1.807) is 30.5 Å². The summed E-state index contributed by atoms with van der Waals surface area (Å²) >= 11 is 0. The third-order valence-corrected chi connectivity index (χ3v) is 4.50. The van der Waals surface area contributed by atoms with Crippen LogP contribution in [0.15, 0.2) is 89.6 Å². The van der Waals surface area contributed by atoms with Crippen molar-refractivity contribution in [2.24, 2.45) is 0 Å². The highest BCUT2D eigenvalue weighted by atomic mass is 19.1. The van der Waals surface area contributed by atoms with Gasteiger partial charge in [0.15, 0.2) is 11.5 Å². The van der Waals surface area contributed by atoms with Crippen molar-refractivity contribution in [2.45, 2.75) is 12.8 Å². The Hall–Kier alpha value is -3.93. The van der Waals surface area contributed by atoms with E-state index >= 15 is 0 Å². The van der Waals surface area contributed by atoms with E-state index in [4.69, 9.17) is 9.26 Å². The normalized spacial score (nSPS) is 10.6. The third kappa shape index (κ3) is 4.72. The van der Waals surface area contributed by atoms with Crippen molar-refractivity contribution in [1.29, 1.82) is 0 Å². The van der Waals surface area contributed by atoms with Gasteiger partial charge in [-0.25, -0.2) is 4.39 Å². The first-order valence-corrected chi connectivity index (χ1v) is 9.50. The van der Waals surface area contributed by atoms with Crippen molar-refractivity contribution in [3.63, 3.8) is 0 Å². The summed E-state index contributed by atoms with van der Waals surface area (Å²) in [6, 6.07) is 22.6. The Labute approximate surface area is 173 Å². The molecule has 3 aromatic carbocycles. The lowest BCUT2D eigenvalue weighted by Gasteiger charge is -2.12. The summed E-state index contributed by atoms with van der Waals surface area (Å²) in [6.45, 7) is 0. The number of nitrogens with zero attached hydrogens (tertiary/aromatic N) is 1. The summed E-state index contributed by atoms with van der Waals surface area (Å²) in [4.78, 5) is 12.5. The highest BCUT2D eigenvalue weighted by Gasteiger charge is 2.14. The van der Waals surface area contributed by atoms with Gasteiger partial charge in [0.25, 0.3) is 0 Å². The molecule has 150 valence electrons. The topological polar surface area (TPSA) is 64.4 Å². The van der Waals surface area contributed by atoms with E-state index < -0.39 is 0 Å². The van der Waals surface area contributed by atoms with Gasteiger partial charge in [0.05, 0.1) is 11.9 Å². The number of aromatic nitrogens is 1. The lowest BCUT2D eigenvalue weighted by Crippen LogP contribution is -2.13. The molecule has 1 heterocycles. The van der Waals surface area contributed by atoms with Crippen LogP contribution in [0.3, 0.4) is 0 Å². The number of carbonyl (C=O) groups is 1. The van der Waals surface area contributed by atoms with Gasteiger partial charge in [-0.2, -0.15) is 0 Å². The van der Waals surface area contributed by atoms with E-state index in [9.17, 15) is 9.18 Å². The van der Waals surface area contributed by atoms with Gasteiger partial charge in [-0.15, -0.1) is 0 Å².